The number of hydrogen-bond donors (Lipinski definition) is 4. The van der Waals surface area contributed by atoms with Crippen LogP contribution in [-0.2, 0) is 45.2 Å². The summed E-state index contributed by atoms with van der Waals surface area (Å²) in [5, 5.41) is 11.7. The van der Waals surface area contributed by atoms with Crippen LogP contribution in [0.3, 0.4) is 0 Å². The Morgan fingerprint density at radius 1 is 0.694 bits per heavy atom. The molecule has 5 aromatic carbocycles. The molecule has 0 fully saturated rings. The highest BCUT2D eigenvalue weighted by atomic mass is 16.5. The minimum atomic E-state index is -1.01. The predicted molar refractivity (Wildman–Crippen MR) is 272 cm³/mol. The molecule has 5 amide bonds. The molecule has 4 heterocycles. The van der Waals surface area contributed by atoms with Gasteiger partial charge in [-0.25, -0.2) is 0 Å². The normalized spacial score (nSPS) is 16.7. The van der Waals surface area contributed by atoms with E-state index in [4.69, 9.17) is 23.9 Å². The zero-order chi connectivity index (χ0) is 50.6. The van der Waals surface area contributed by atoms with Crippen molar-refractivity contribution in [2.75, 3.05) is 41.2 Å². The average molecular weight is 976 g/mol. The zero-order valence-corrected chi connectivity index (χ0v) is 40.8. The van der Waals surface area contributed by atoms with Crippen molar-refractivity contribution in [3.63, 3.8) is 0 Å². The summed E-state index contributed by atoms with van der Waals surface area (Å²) in [6.45, 7) is 5.09. The van der Waals surface area contributed by atoms with Gasteiger partial charge >= 0.3 is 0 Å². The Labute approximate surface area is 417 Å². The van der Waals surface area contributed by atoms with Gasteiger partial charge in [0.05, 0.1) is 48.8 Å². The summed E-state index contributed by atoms with van der Waals surface area (Å²) in [6, 6.07) is 25.6. The van der Waals surface area contributed by atoms with Crippen molar-refractivity contribution in [2.24, 2.45) is 4.99 Å². The van der Waals surface area contributed by atoms with Crippen LogP contribution in [0.4, 0.5) is 28.4 Å². The Hall–Kier alpha value is -8.21. The SMILES string of the molecule is COc1cc2c(cc1OCc1cc(COc3cc4c(cc3OC)C(=O)N3c5ccccc5C[C@H]3CN4)cc(NC(=O)C(C)NC(=O)C(C)NC(=O)CCCCC(C)=O)c1)N=C[C@@H]1Cc3ccccc3N1C2=O. The number of fused-ring (bicyclic) bond motifs is 8. The molecular formula is C55H57N7O10. The summed E-state index contributed by atoms with van der Waals surface area (Å²) in [7, 11) is 3.01. The molecule has 17 heteroatoms. The Bertz CT molecular complexity index is 3010. The number of nitrogens with one attached hydrogen (secondary N) is 4. The minimum absolute atomic E-state index is 0.0000288. The number of rotatable bonds is 18. The summed E-state index contributed by atoms with van der Waals surface area (Å²) in [4.78, 5) is 87.1. The number of carbonyl (C=O) groups is 6. The standard InChI is InChI=1S/C55H57N7O10/c1-31(63)12-6-11-17-51(64)58-32(2)52(65)59-33(3)53(66)60-38-19-34(29-71-49-25-43-41(23-47(49)69-4)54(67)61-39(27-56-43)21-36-13-7-9-15-45(36)61)18-35(20-38)30-72-50-26-44-42(24-48(50)70-5)55(68)62-40(28-57-44)22-37-14-8-10-16-46(37)62/h7-10,13-16,18-20,23-27,32-33,39-40,57H,6,11-12,17,21-22,28-30H2,1-5H3,(H,58,64)(H,59,65)(H,60,66)/t32?,33?,39-,40-/m0/s1. The number of hydrogen-bond acceptors (Lipinski definition) is 12. The maximum Gasteiger partial charge on any atom is 0.261 e. The topological polar surface area (TPSA) is 206 Å². The van der Waals surface area contributed by atoms with Crippen molar-refractivity contribution in [2.45, 2.75) is 96.7 Å². The van der Waals surface area contributed by atoms with Gasteiger partial charge in [0.25, 0.3) is 11.8 Å². The molecule has 72 heavy (non-hydrogen) atoms. The van der Waals surface area contributed by atoms with Crippen LogP contribution in [0.2, 0.25) is 0 Å². The lowest BCUT2D eigenvalue weighted by atomic mass is 10.1. The van der Waals surface area contributed by atoms with E-state index < -0.39 is 23.9 Å². The second-order valence-electron chi connectivity index (χ2n) is 18.5. The second kappa shape index (κ2) is 21.0. The first-order valence-electron chi connectivity index (χ1n) is 24.1. The summed E-state index contributed by atoms with van der Waals surface area (Å²) in [5.74, 6) is -0.290. The van der Waals surface area contributed by atoms with Crippen LogP contribution in [0.1, 0.15) is 89.4 Å². The molecule has 4 aliphatic rings. The van der Waals surface area contributed by atoms with Gasteiger partial charge in [-0.2, -0.15) is 0 Å². The third kappa shape index (κ3) is 10.3. The van der Waals surface area contributed by atoms with Crippen LogP contribution in [0.5, 0.6) is 23.0 Å². The second-order valence-corrected chi connectivity index (χ2v) is 18.5. The fraction of sp³-hybridized carbons (Fsp3) is 0.327. The van der Waals surface area contributed by atoms with Crippen molar-refractivity contribution in [3.05, 3.63) is 124 Å². The van der Waals surface area contributed by atoms with Crippen molar-refractivity contribution in [1.82, 2.24) is 10.6 Å². The van der Waals surface area contributed by atoms with Gasteiger partial charge in [0, 0.05) is 61.2 Å². The third-order valence-electron chi connectivity index (χ3n) is 13.3. The molecule has 0 radical (unpaired) electrons. The molecule has 4 aliphatic heterocycles. The smallest absolute Gasteiger partial charge is 0.261 e. The van der Waals surface area contributed by atoms with E-state index in [1.54, 1.807) is 47.5 Å². The van der Waals surface area contributed by atoms with Gasteiger partial charge in [-0.05, 0) is 105 Å². The van der Waals surface area contributed by atoms with E-state index in [0.29, 0.717) is 94.5 Å². The molecule has 0 bridgehead atoms. The number of benzene rings is 5. The van der Waals surface area contributed by atoms with Gasteiger partial charge in [-0.15, -0.1) is 0 Å². The van der Waals surface area contributed by atoms with E-state index in [2.05, 4.69) is 21.3 Å². The van der Waals surface area contributed by atoms with Gasteiger partial charge in [-0.3, -0.25) is 33.9 Å². The number of amides is 5. The third-order valence-corrected chi connectivity index (χ3v) is 13.3. The van der Waals surface area contributed by atoms with E-state index >= 15 is 0 Å². The van der Waals surface area contributed by atoms with Crippen molar-refractivity contribution >= 4 is 70.0 Å². The van der Waals surface area contributed by atoms with Gasteiger partial charge in [0.1, 0.15) is 31.1 Å². The average Bonchev–Trinajstić information content (AvgIpc) is 3.86. The number of nitrogens with zero attached hydrogens (tertiary/aromatic N) is 3. The number of aliphatic imine (C=N–C) groups is 1. The van der Waals surface area contributed by atoms with Crippen LogP contribution in [0.15, 0.2) is 96.0 Å². The van der Waals surface area contributed by atoms with E-state index in [9.17, 15) is 28.8 Å². The number of ketones is 1. The molecule has 0 saturated carbocycles. The van der Waals surface area contributed by atoms with Gasteiger partial charge < -0.3 is 49.9 Å². The lowest BCUT2D eigenvalue weighted by Gasteiger charge is -2.22. The van der Waals surface area contributed by atoms with Crippen LogP contribution in [0, 0.1) is 0 Å². The van der Waals surface area contributed by atoms with Crippen molar-refractivity contribution < 1.29 is 47.7 Å². The Kier molecular flexibility index (Phi) is 14.2. The molecule has 0 saturated heterocycles. The molecule has 5 aromatic rings. The summed E-state index contributed by atoms with van der Waals surface area (Å²) < 4.78 is 24.4. The Balaban J connectivity index is 0.939. The number of ether oxygens (including phenoxy) is 4. The minimum Gasteiger partial charge on any atom is -0.493 e. The largest absolute Gasteiger partial charge is 0.493 e. The number of anilines is 4. The molecule has 0 spiro atoms. The van der Waals surface area contributed by atoms with Gasteiger partial charge in [0.2, 0.25) is 17.7 Å². The van der Waals surface area contributed by atoms with Crippen LogP contribution < -0.4 is 50.0 Å². The molecular weight excluding hydrogens is 919 g/mol. The number of unbranched alkanes of at least 4 members (excludes halogenated alkanes) is 1. The number of para-hydroxylation sites is 2. The molecule has 9 rings (SSSR count). The molecule has 2 unspecified atom stereocenters. The Morgan fingerprint density at radius 2 is 1.29 bits per heavy atom. The highest BCUT2D eigenvalue weighted by molar-refractivity contribution is 6.15. The fourth-order valence-electron chi connectivity index (χ4n) is 9.62. The van der Waals surface area contributed by atoms with Crippen LogP contribution >= 0.6 is 0 Å². The first kappa shape index (κ1) is 48.8. The lowest BCUT2D eigenvalue weighted by molar-refractivity contribution is -0.130. The van der Waals surface area contributed by atoms with E-state index in [-0.39, 0.29) is 55.2 Å². The fourth-order valence-corrected chi connectivity index (χ4v) is 9.62. The predicted octanol–water partition coefficient (Wildman–Crippen LogP) is 7.24. The lowest BCUT2D eigenvalue weighted by Crippen LogP contribution is -2.50. The highest BCUT2D eigenvalue weighted by Gasteiger charge is 2.39. The van der Waals surface area contributed by atoms with Crippen molar-refractivity contribution in [3.8, 4) is 23.0 Å². The Morgan fingerprint density at radius 3 is 1.97 bits per heavy atom. The zero-order valence-electron chi connectivity index (χ0n) is 40.8. The number of methoxy groups -OCH3 is 2. The van der Waals surface area contributed by atoms with E-state index in [0.717, 1.165) is 28.9 Å². The summed E-state index contributed by atoms with van der Waals surface area (Å²) in [6.07, 6.45) is 4.81. The maximum absolute atomic E-state index is 14.1. The number of carbonyl (C=O) groups excluding carboxylic acids is 6. The molecule has 4 atom stereocenters. The molecule has 17 nitrogen and oxygen atoms in total. The van der Waals surface area contributed by atoms with E-state index in [1.807, 2.05) is 59.5 Å². The highest BCUT2D eigenvalue weighted by Crippen LogP contribution is 2.43. The first-order chi connectivity index (χ1) is 34.8. The molecule has 4 N–H and O–H groups in total. The maximum atomic E-state index is 14.1. The number of Topliss-reactive ketones (excluding diaryl/α,β-unsaturated/α-hetero) is 1. The van der Waals surface area contributed by atoms with Crippen LogP contribution in [0.25, 0.3) is 0 Å². The quantitative estimate of drug-likeness (QED) is 0.0644. The van der Waals surface area contributed by atoms with Gasteiger partial charge in [0.15, 0.2) is 23.0 Å². The first-order valence-corrected chi connectivity index (χ1v) is 24.1. The van der Waals surface area contributed by atoms with E-state index in [1.165, 1.54) is 35.0 Å². The van der Waals surface area contributed by atoms with Crippen LogP contribution in [-0.4, -0.2) is 86.5 Å². The van der Waals surface area contributed by atoms with Crippen molar-refractivity contribution in [1.29, 1.82) is 0 Å². The summed E-state index contributed by atoms with van der Waals surface area (Å²) in [5.41, 5.74) is 7.44. The molecule has 372 valence electrons. The van der Waals surface area contributed by atoms with Gasteiger partial charge in [-0.1, -0.05) is 36.4 Å². The monoisotopic (exact) mass is 975 g/mol. The molecule has 0 aliphatic carbocycles. The molecule has 0 aromatic heterocycles. The summed E-state index contributed by atoms with van der Waals surface area (Å²) >= 11 is 0.